The topological polar surface area (TPSA) is 47.2 Å². The third-order valence-electron chi connectivity index (χ3n) is 3.75. The molecule has 4 heteroatoms. The zero-order valence-corrected chi connectivity index (χ0v) is 12.9. The van der Waals surface area contributed by atoms with Gasteiger partial charge in [-0.3, -0.25) is 4.79 Å². The number of benzene rings is 1. The molecule has 2 aromatic heterocycles. The molecule has 1 aromatic carbocycles. The van der Waals surface area contributed by atoms with Crippen LogP contribution in [-0.2, 0) is 6.42 Å². The Balaban J connectivity index is 1.72. The Labute approximate surface area is 129 Å². The number of nitrogens with zero attached hydrogens (tertiary/aromatic N) is 1. The lowest BCUT2D eigenvalue weighted by molar-refractivity contribution is 0.0944. The summed E-state index contributed by atoms with van der Waals surface area (Å²) in [4.78, 5) is 12.5. The van der Waals surface area contributed by atoms with Crippen molar-refractivity contribution < 1.29 is 9.21 Å². The summed E-state index contributed by atoms with van der Waals surface area (Å²) in [6.07, 6.45) is 2.48. The van der Waals surface area contributed by atoms with Crippen molar-refractivity contribution in [3.05, 3.63) is 60.0 Å². The van der Waals surface area contributed by atoms with Gasteiger partial charge in [-0.2, -0.15) is 0 Å². The first-order valence-electron chi connectivity index (χ1n) is 7.57. The van der Waals surface area contributed by atoms with Crippen LogP contribution in [0.4, 0.5) is 0 Å². The van der Waals surface area contributed by atoms with Crippen molar-refractivity contribution in [2.45, 2.75) is 26.3 Å². The van der Waals surface area contributed by atoms with Gasteiger partial charge in [0, 0.05) is 24.7 Å². The molecule has 114 valence electrons. The van der Waals surface area contributed by atoms with Gasteiger partial charge in [-0.15, -0.1) is 0 Å². The number of amides is 1. The zero-order chi connectivity index (χ0) is 15.5. The molecule has 0 atom stereocenters. The average molecular weight is 296 g/mol. The number of rotatable bonds is 5. The van der Waals surface area contributed by atoms with Gasteiger partial charge < -0.3 is 14.3 Å². The molecular formula is C18H20N2O2. The van der Waals surface area contributed by atoms with Crippen LogP contribution in [0.3, 0.4) is 0 Å². The van der Waals surface area contributed by atoms with Gasteiger partial charge in [-0.1, -0.05) is 30.3 Å². The molecule has 3 rings (SSSR count). The molecule has 0 unspecified atom stereocenters. The first-order chi connectivity index (χ1) is 10.7. The lowest BCUT2D eigenvalue weighted by atomic mass is 10.1. The molecule has 0 aliphatic rings. The molecule has 0 spiro atoms. The van der Waals surface area contributed by atoms with Gasteiger partial charge in [0.15, 0.2) is 5.58 Å². The van der Waals surface area contributed by atoms with Crippen LogP contribution in [0.2, 0.25) is 0 Å². The SMILES string of the molecule is CC(C)n1c(C(=O)NCCc2ccccc2)cc2occc21. The summed E-state index contributed by atoms with van der Waals surface area (Å²) in [5.41, 5.74) is 3.58. The molecule has 2 heterocycles. The van der Waals surface area contributed by atoms with Gasteiger partial charge in [0.05, 0.1) is 11.8 Å². The lowest BCUT2D eigenvalue weighted by Crippen LogP contribution is -2.28. The second-order valence-corrected chi connectivity index (χ2v) is 5.65. The molecule has 4 nitrogen and oxygen atoms in total. The number of hydrogen-bond acceptors (Lipinski definition) is 2. The highest BCUT2D eigenvalue weighted by molar-refractivity contribution is 5.97. The lowest BCUT2D eigenvalue weighted by Gasteiger charge is -2.13. The van der Waals surface area contributed by atoms with Gasteiger partial charge in [0.1, 0.15) is 5.69 Å². The quantitative estimate of drug-likeness (QED) is 0.778. The summed E-state index contributed by atoms with van der Waals surface area (Å²) in [5.74, 6) is -0.0592. The van der Waals surface area contributed by atoms with Crippen LogP contribution in [0.25, 0.3) is 11.1 Å². The molecule has 0 radical (unpaired) electrons. The van der Waals surface area contributed by atoms with Crippen molar-refractivity contribution in [2.75, 3.05) is 6.54 Å². The van der Waals surface area contributed by atoms with E-state index in [0.717, 1.165) is 17.5 Å². The van der Waals surface area contributed by atoms with Crippen LogP contribution >= 0.6 is 0 Å². The van der Waals surface area contributed by atoms with E-state index >= 15 is 0 Å². The fraction of sp³-hybridized carbons (Fsp3) is 0.278. The highest BCUT2D eigenvalue weighted by atomic mass is 16.3. The van der Waals surface area contributed by atoms with E-state index in [1.54, 1.807) is 6.26 Å². The Kier molecular flexibility index (Phi) is 4.00. The number of furan rings is 1. The van der Waals surface area contributed by atoms with Crippen molar-refractivity contribution in [3.63, 3.8) is 0 Å². The van der Waals surface area contributed by atoms with Crippen molar-refractivity contribution in [2.24, 2.45) is 0 Å². The number of carbonyl (C=O) groups is 1. The third-order valence-corrected chi connectivity index (χ3v) is 3.75. The molecule has 1 N–H and O–H groups in total. The predicted molar refractivity (Wildman–Crippen MR) is 87.1 cm³/mol. The van der Waals surface area contributed by atoms with E-state index in [0.29, 0.717) is 12.2 Å². The average Bonchev–Trinajstić information content (AvgIpc) is 3.08. The number of hydrogen-bond donors (Lipinski definition) is 1. The number of carbonyl (C=O) groups excluding carboxylic acids is 1. The van der Waals surface area contributed by atoms with E-state index < -0.39 is 0 Å². The van der Waals surface area contributed by atoms with E-state index in [-0.39, 0.29) is 11.9 Å². The smallest absolute Gasteiger partial charge is 0.268 e. The van der Waals surface area contributed by atoms with Gasteiger partial charge in [0.25, 0.3) is 5.91 Å². The summed E-state index contributed by atoms with van der Waals surface area (Å²) < 4.78 is 7.42. The molecule has 1 amide bonds. The van der Waals surface area contributed by atoms with Crippen molar-refractivity contribution in [1.82, 2.24) is 9.88 Å². The minimum Gasteiger partial charge on any atom is -0.463 e. The Morgan fingerprint density at radius 3 is 2.73 bits per heavy atom. The number of fused-ring (bicyclic) bond motifs is 1. The first-order valence-corrected chi connectivity index (χ1v) is 7.57. The third kappa shape index (κ3) is 2.77. The van der Waals surface area contributed by atoms with E-state index in [1.165, 1.54) is 5.56 Å². The van der Waals surface area contributed by atoms with Crippen LogP contribution in [-0.4, -0.2) is 17.0 Å². The van der Waals surface area contributed by atoms with E-state index in [2.05, 4.69) is 31.3 Å². The van der Waals surface area contributed by atoms with E-state index in [1.807, 2.05) is 34.9 Å². The monoisotopic (exact) mass is 296 g/mol. The van der Waals surface area contributed by atoms with Crippen LogP contribution in [0.5, 0.6) is 0 Å². The molecule has 0 fully saturated rings. The van der Waals surface area contributed by atoms with Gasteiger partial charge >= 0.3 is 0 Å². The molecular weight excluding hydrogens is 276 g/mol. The van der Waals surface area contributed by atoms with Crippen LogP contribution < -0.4 is 5.32 Å². The number of aromatic nitrogens is 1. The molecule has 0 aliphatic heterocycles. The molecule has 3 aromatic rings. The molecule has 22 heavy (non-hydrogen) atoms. The Bertz CT molecular complexity index is 769. The predicted octanol–water partition coefficient (Wildman–Crippen LogP) is 3.79. The van der Waals surface area contributed by atoms with Gasteiger partial charge in [-0.05, 0) is 25.8 Å². The van der Waals surface area contributed by atoms with E-state index in [4.69, 9.17) is 4.42 Å². The van der Waals surface area contributed by atoms with Gasteiger partial charge in [-0.25, -0.2) is 0 Å². The largest absolute Gasteiger partial charge is 0.463 e. The summed E-state index contributed by atoms with van der Waals surface area (Å²) in [7, 11) is 0. The fourth-order valence-electron chi connectivity index (χ4n) is 2.73. The summed E-state index contributed by atoms with van der Waals surface area (Å²) >= 11 is 0. The minimum atomic E-state index is -0.0592. The Hall–Kier alpha value is -2.49. The standard InChI is InChI=1S/C18H20N2O2/c1-13(2)20-15-9-11-22-17(15)12-16(20)18(21)19-10-8-14-6-4-3-5-7-14/h3-7,9,11-13H,8,10H2,1-2H3,(H,19,21). The maximum absolute atomic E-state index is 12.5. The first kappa shape index (κ1) is 14.4. The summed E-state index contributed by atoms with van der Waals surface area (Å²) in [6.45, 7) is 4.74. The highest BCUT2D eigenvalue weighted by Crippen LogP contribution is 2.24. The van der Waals surface area contributed by atoms with Crippen LogP contribution in [0, 0.1) is 0 Å². The van der Waals surface area contributed by atoms with E-state index in [9.17, 15) is 4.79 Å². The zero-order valence-electron chi connectivity index (χ0n) is 12.9. The maximum atomic E-state index is 12.5. The maximum Gasteiger partial charge on any atom is 0.268 e. The summed E-state index contributed by atoms with van der Waals surface area (Å²) in [5, 5.41) is 2.99. The summed E-state index contributed by atoms with van der Waals surface area (Å²) in [6, 6.07) is 14.1. The van der Waals surface area contributed by atoms with Crippen molar-refractivity contribution in [3.8, 4) is 0 Å². The molecule has 0 saturated carbocycles. The van der Waals surface area contributed by atoms with Crippen molar-refractivity contribution >= 4 is 17.0 Å². The van der Waals surface area contributed by atoms with Crippen molar-refractivity contribution in [1.29, 1.82) is 0 Å². The van der Waals surface area contributed by atoms with Crippen LogP contribution in [0.1, 0.15) is 35.9 Å². The minimum absolute atomic E-state index is 0.0592. The molecule has 0 aliphatic carbocycles. The van der Waals surface area contributed by atoms with Gasteiger partial charge in [0.2, 0.25) is 0 Å². The highest BCUT2D eigenvalue weighted by Gasteiger charge is 2.18. The van der Waals surface area contributed by atoms with Crippen LogP contribution in [0.15, 0.2) is 53.1 Å². The molecule has 0 saturated heterocycles. The Morgan fingerprint density at radius 1 is 1.23 bits per heavy atom. The number of nitrogens with one attached hydrogen (secondary N) is 1. The molecule has 0 bridgehead atoms. The fourth-order valence-corrected chi connectivity index (χ4v) is 2.73. The normalized spacial score (nSPS) is 11.2. The second-order valence-electron chi connectivity index (χ2n) is 5.65. The second kappa shape index (κ2) is 6.10. The Morgan fingerprint density at radius 2 is 2.00 bits per heavy atom.